The molecule has 0 aromatic heterocycles. The molecule has 0 radical (unpaired) electrons. The Morgan fingerprint density at radius 2 is 1.67 bits per heavy atom. The highest BCUT2D eigenvalue weighted by Gasteiger charge is 2.23. The lowest BCUT2D eigenvalue weighted by atomic mass is 10.2. The lowest BCUT2D eigenvalue weighted by molar-refractivity contribution is -0.136. The minimum Gasteiger partial charge on any atom is -0.466 e. The highest BCUT2D eigenvalue weighted by atomic mass is 32.2. The van der Waals surface area contributed by atoms with E-state index in [2.05, 4.69) is 10.6 Å². The Labute approximate surface area is 179 Å². The highest BCUT2D eigenvalue weighted by Crippen LogP contribution is 2.30. The number of nitrogens with one attached hydrogen (secondary N) is 2. The molecule has 0 spiro atoms. The fourth-order valence-corrected chi connectivity index (χ4v) is 5.21. The van der Waals surface area contributed by atoms with Crippen LogP contribution in [0.5, 0.6) is 0 Å². The first-order valence-electron chi connectivity index (χ1n) is 9.22. The first kappa shape index (κ1) is 21.9. The molecule has 2 N–H and O–H groups in total. The van der Waals surface area contributed by atoms with Gasteiger partial charge in [-0.15, -0.1) is 0 Å². The Kier molecular flexibility index (Phi) is 7.17. The van der Waals surface area contributed by atoms with Gasteiger partial charge in [0.05, 0.1) is 34.7 Å². The number of hydrogen-bond donors (Lipinski definition) is 2. The van der Waals surface area contributed by atoms with Crippen molar-refractivity contribution in [3.05, 3.63) is 65.9 Å². The number of hydrogen-bond acceptors (Lipinski definition) is 7. The van der Waals surface area contributed by atoms with Gasteiger partial charge in [-0.2, -0.15) is 11.8 Å². The van der Waals surface area contributed by atoms with Gasteiger partial charge in [-0.25, -0.2) is 13.2 Å². The lowest BCUT2D eigenvalue weighted by Gasteiger charge is -2.14. The predicted octanol–water partition coefficient (Wildman–Crippen LogP) is 3.07. The maximum absolute atomic E-state index is 12.4. The molecule has 0 unspecified atom stereocenters. The van der Waals surface area contributed by atoms with Crippen molar-refractivity contribution >= 4 is 44.9 Å². The van der Waals surface area contributed by atoms with Crippen LogP contribution in [-0.2, 0) is 24.2 Å². The second kappa shape index (κ2) is 9.82. The molecule has 3 rings (SSSR count). The number of para-hydroxylation sites is 2. The Morgan fingerprint density at radius 1 is 1.00 bits per heavy atom. The van der Waals surface area contributed by atoms with E-state index in [1.807, 2.05) is 0 Å². The molecule has 1 aliphatic rings. The van der Waals surface area contributed by atoms with Crippen LogP contribution in [0.4, 0.5) is 11.4 Å². The number of benzene rings is 2. The molecule has 0 fully saturated rings. The molecule has 1 aliphatic heterocycles. The summed E-state index contributed by atoms with van der Waals surface area (Å²) in [5.41, 5.74) is 2.43. The molecule has 9 heteroatoms. The Morgan fingerprint density at radius 3 is 2.37 bits per heavy atom. The molecule has 2 aromatic rings. The van der Waals surface area contributed by atoms with Gasteiger partial charge in [-0.05, 0) is 24.3 Å². The Hall–Kier alpha value is -2.78. The highest BCUT2D eigenvalue weighted by molar-refractivity contribution is 8.00. The van der Waals surface area contributed by atoms with Crippen LogP contribution < -0.4 is 10.6 Å². The molecule has 1 amide bonds. The van der Waals surface area contributed by atoms with E-state index < -0.39 is 15.7 Å². The Balaban J connectivity index is 1.68. The molecule has 0 saturated carbocycles. The van der Waals surface area contributed by atoms with Gasteiger partial charge in [0.25, 0.3) is 0 Å². The maximum Gasteiger partial charge on any atom is 0.336 e. The van der Waals surface area contributed by atoms with E-state index in [0.717, 1.165) is 5.70 Å². The SMILES string of the molecule is COC(=O)C1=C(Nc2ccccc2NC(=O)CCS(=O)(=O)c2ccccc2)CSC1. The minimum atomic E-state index is -3.53. The van der Waals surface area contributed by atoms with Crippen molar-refractivity contribution in [3.63, 3.8) is 0 Å². The molecule has 2 aromatic carbocycles. The summed E-state index contributed by atoms with van der Waals surface area (Å²) in [7, 11) is -2.19. The van der Waals surface area contributed by atoms with Crippen LogP contribution in [-0.4, -0.2) is 44.7 Å². The van der Waals surface area contributed by atoms with Crippen LogP contribution in [0.1, 0.15) is 6.42 Å². The number of thioether (sulfide) groups is 1. The minimum absolute atomic E-state index is 0.169. The zero-order valence-corrected chi connectivity index (χ0v) is 18.0. The summed E-state index contributed by atoms with van der Waals surface area (Å²) in [6.45, 7) is 0. The molecule has 30 heavy (non-hydrogen) atoms. The van der Waals surface area contributed by atoms with Crippen molar-refractivity contribution in [3.8, 4) is 0 Å². The summed E-state index contributed by atoms with van der Waals surface area (Å²) in [6.07, 6.45) is -0.169. The molecule has 0 bridgehead atoms. The number of anilines is 2. The lowest BCUT2D eigenvalue weighted by Crippen LogP contribution is -2.18. The average molecular weight is 447 g/mol. The second-order valence-electron chi connectivity index (χ2n) is 6.54. The number of methoxy groups -OCH3 is 1. The summed E-state index contributed by atoms with van der Waals surface area (Å²) < 4.78 is 29.6. The number of carbonyl (C=O) groups is 2. The normalized spacial score (nSPS) is 13.8. The number of rotatable bonds is 8. The summed E-state index contributed by atoms with van der Waals surface area (Å²) in [4.78, 5) is 24.5. The van der Waals surface area contributed by atoms with Gasteiger partial charge in [0.15, 0.2) is 9.84 Å². The fourth-order valence-electron chi connectivity index (χ4n) is 2.90. The van der Waals surface area contributed by atoms with Crippen molar-refractivity contribution in [1.29, 1.82) is 0 Å². The molecule has 0 saturated heterocycles. The second-order valence-corrected chi connectivity index (χ2v) is 9.64. The predicted molar refractivity (Wildman–Crippen MR) is 118 cm³/mol. The summed E-state index contributed by atoms with van der Waals surface area (Å²) in [6, 6.07) is 15.1. The summed E-state index contributed by atoms with van der Waals surface area (Å²) in [5.74, 6) is 0.109. The number of carbonyl (C=O) groups excluding carboxylic acids is 2. The van der Waals surface area contributed by atoms with E-state index >= 15 is 0 Å². The molecular formula is C21H22N2O5S2. The first-order chi connectivity index (χ1) is 14.4. The molecule has 1 heterocycles. The third-order valence-electron chi connectivity index (χ3n) is 4.48. The molecule has 7 nitrogen and oxygen atoms in total. The van der Waals surface area contributed by atoms with Crippen LogP contribution in [0.2, 0.25) is 0 Å². The van der Waals surface area contributed by atoms with Crippen molar-refractivity contribution in [1.82, 2.24) is 0 Å². The van der Waals surface area contributed by atoms with E-state index in [1.165, 1.54) is 19.2 Å². The third kappa shape index (κ3) is 5.43. The van der Waals surface area contributed by atoms with Crippen LogP contribution in [0.3, 0.4) is 0 Å². The van der Waals surface area contributed by atoms with E-state index in [0.29, 0.717) is 28.5 Å². The molecule has 158 valence electrons. The third-order valence-corrected chi connectivity index (χ3v) is 7.19. The largest absolute Gasteiger partial charge is 0.466 e. The summed E-state index contributed by atoms with van der Waals surface area (Å²) >= 11 is 1.59. The van der Waals surface area contributed by atoms with Gasteiger partial charge in [0.1, 0.15) is 0 Å². The van der Waals surface area contributed by atoms with E-state index in [9.17, 15) is 18.0 Å². The van der Waals surface area contributed by atoms with Gasteiger partial charge in [0.2, 0.25) is 5.91 Å². The maximum atomic E-state index is 12.4. The van der Waals surface area contributed by atoms with Crippen LogP contribution in [0, 0.1) is 0 Å². The van der Waals surface area contributed by atoms with E-state index in [-0.39, 0.29) is 23.0 Å². The Bertz CT molecular complexity index is 1070. The molecule has 0 atom stereocenters. The molecular weight excluding hydrogens is 424 g/mol. The van der Waals surface area contributed by atoms with Gasteiger partial charge in [-0.1, -0.05) is 30.3 Å². The quantitative estimate of drug-likeness (QED) is 0.601. The number of sulfone groups is 1. The monoisotopic (exact) mass is 446 g/mol. The van der Waals surface area contributed by atoms with Gasteiger partial charge < -0.3 is 15.4 Å². The topological polar surface area (TPSA) is 102 Å². The number of amides is 1. The number of ether oxygens (including phenoxy) is 1. The van der Waals surface area contributed by atoms with Crippen molar-refractivity contribution in [2.45, 2.75) is 11.3 Å². The zero-order chi connectivity index (χ0) is 21.6. The van der Waals surface area contributed by atoms with Crippen molar-refractivity contribution < 1.29 is 22.7 Å². The van der Waals surface area contributed by atoms with Crippen LogP contribution in [0.25, 0.3) is 0 Å². The number of esters is 1. The van der Waals surface area contributed by atoms with Crippen LogP contribution in [0.15, 0.2) is 70.8 Å². The zero-order valence-electron chi connectivity index (χ0n) is 16.4. The van der Waals surface area contributed by atoms with Gasteiger partial charge >= 0.3 is 5.97 Å². The first-order valence-corrected chi connectivity index (χ1v) is 12.0. The smallest absolute Gasteiger partial charge is 0.336 e. The van der Waals surface area contributed by atoms with Gasteiger partial charge in [-0.3, -0.25) is 4.79 Å². The summed E-state index contributed by atoms with van der Waals surface area (Å²) in [5, 5.41) is 5.96. The van der Waals surface area contributed by atoms with Gasteiger partial charge in [0, 0.05) is 23.6 Å². The average Bonchev–Trinajstić information content (AvgIpc) is 3.22. The van der Waals surface area contributed by atoms with E-state index in [1.54, 1.807) is 54.2 Å². The fraction of sp³-hybridized carbons (Fsp3) is 0.238. The van der Waals surface area contributed by atoms with Crippen LogP contribution >= 0.6 is 11.8 Å². The van der Waals surface area contributed by atoms with Crippen molar-refractivity contribution in [2.24, 2.45) is 0 Å². The van der Waals surface area contributed by atoms with E-state index in [4.69, 9.17) is 4.74 Å². The molecule has 0 aliphatic carbocycles. The standard InChI is InChI=1S/C21H22N2O5S2/c1-28-21(25)16-13-29-14-19(16)22-17-9-5-6-10-18(17)23-20(24)11-12-30(26,27)15-7-3-2-4-8-15/h2-10,22H,11-14H2,1H3,(H,23,24). The van der Waals surface area contributed by atoms with Crippen molar-refractivity contribution in [2.75, 3.05) is 35.0 Å².